The molecule has 0 aliphatic carbocycles. The largest absolute Gasteiger partial charge is 0.370 e. The molecule has 0 aromatic heterocycles. The standard InChI is InChI=1S/C13H18N4O3S/c1-7-5-9-10(6-8(7)11(18)16-12(14)15)21(19,20)13(2,3)17(9)4/h5-6H,1-4H3,(H4,14,15,16,18). The first-order valence-electron chi connectivity index (χ1n) is 6.27. The summed E-state index contributed by atoms with van der Waals surface area (Å²) in [5, 5.41) is 0. The maximum atomic E-state index is 12.6. The van der Waals surface area contributed by atoms with E-state index >= 15 is 0 Å². The molecule has 1 aliphatic heterocycles. The molecular formula is C13H18N4O3S. The van der Waals surface area contributed by atoms with Crippen molar-refractivity contribution in [3.8, 4) is 0 Å². The van der Waals surface area contributed by atoms with Gasteiger partial charge in [-0.3, -0.25) is 4.79 Å². The van der Waals surface area contributed by atoms with Crippen LogP contribution in [0.2, 0.25) is 0 Å². The number of aryl methyl sites for hydroxylation is 1. The molecule has 1 amide bonds. The topological polar surface area (TPSA) is 119 Å². The Hall–Kier alpha value is -2.09. The maximum Gasteiger partial charge on any atom is 0.280 e. The van der Waals surface area contributed by atoms with Gasteiger partial charge < -0.3 is 16.4 Å². The van der Waals surface area contributed by atoms with Crippen molar-refractivity contribution < 1.29 is 13.2 Å². The quantitative estimate of drug-likeness (QED) is 0.571. The number of nitrogens with zero attached hydrogens (tertiary/aromatic N) is 2. The van der Waals surface area contributed by atoms with Crippen LogP contribution in [0.1, 0.15) is 29.8 Å². The maximum absolute atomic E-state index is 12.6. The molecule has 0 saturated heterocycles. The highest BCUT2D eigenvalue weighted by Crippen LogP contribution is 2.44. The van der Waals surface area contributed by atoms with Gasteiger partial charge in [-0.15, -0.1) is 0 Å². The fraction of sp³-hybridized carbons (Fsp3) is 0.385. The van der Waals surface area contributed by atoms with Gasteiger partial charge in [-0.1, -0.05) is 0 Å². The highest BCUT2D eigenvalue weighted by atomic mass is 32.2. The normalized spacial score (nSPS) is 18.2. The summed E-state index contributed by atoms with van der Waals surface area (Å²) in [5.74, 6) is -1.02. The fourth-order valence-corrected chi connectivity index (χ4v) is 4.04. The van der Waals surface area contributed by atoms with Gasteiger partial charge in [0.05, 0.1) is 10.6 Å². The smallest absolute Gasteiger partial charge is 0.280 e. The minimum Gasteiger partial charge on any atom is -0.370 e. The van der Waals surface area contributed by atoms with Gasteiger partial charge in [0.1, 0.15) is 4.87 Å². The van der Waals surface area contributed by atoms with Crippen molar-refractivity contribution in [1.29, 1.82) is 0 Å². The zero-order chi connectivity index (χ0) is 16.2. The third-order valence-electron chi connectivity index (χ3n) is 3.88. The number of anilines is 1. The van der Waals surface area contributed by atoms with Crippen molar-refractivity contribution in [2.24, 2.45) is 16.5 Å². The van der Waals surface area contributed by atoms with Gasteiger partial charge in [-0.25, -0.2) is 8.42 Å². The summed E-state index contributed by atoms with van der Waals surface area (Å²) in [6.07, 6.45) is 0. The van der Waals surface area contributed by atoms with E-state index in [9.17, 15) is 13.2 Å². The number of carbonyl (C=O) groups is 1. The highest BCUT2D eigenvalue weighted by Gasteiger charge is 2.48. The Balaban J connectivity index is 2.71. The molecule has 0 atom stereocenters. The number of rotatable bonds is 1. The zero-order valence-corrected chi connectivity index (χ0v) is 13.2. The van der Waals surface area contributed by atoms with Crippen molar-refractivity contribution >= 4 is 27.4 Å². The first-order chi connectivity index (χ1) is 9.50. The SMILES string of the molecule is Cc1cc2c(cc1C(=O)N=C(N)N)S(=O)(=O)C(C)(C)N2C. The average molecular weight is 310 g/mol. The molecule has 1 aromatic rings. The second kappa shape index (κ2) is 4.45. The van der Waals surface area contributed by atoms with Gasteiger partial charge in [0.25, 0.3) is 5.91 Å². The molecule has 1 heterocycles. The molecular weight excluding hydrogens is 292 g/mol. The van der Waals surface area contributed by atoms with Gasteiger partial charge in [-0.2, -0.15) is 4.99 Å². The molecule has 0 radical (unpaired) electrons. The summed E-state index contributed by atoms with van der Waals surface area (Å²) < 4.78 is 25.2. The van der Waals surface area contributed by atoms with E-state index in [1.54, 1.807) is 38.8 Å². The zero-order valence-electron chi connectivity index (χ0n) is 12.3. The molecule has 1 aromatic carbocycles. The van der Waals surface area contributed by atoms with Crippen LogP contribution in [0, 0.1) is 6.92 Å². The minimum absolute atomic E-state index is 0.120. The van der Waals surface area contributed by atoms with Crippen LogP contribution in [0.25, 0.3) is 0 Å². The van der Waals surface area contributed by atoms with Gasteiger partial charge in [0.2, 0.25) is 9.84 Å². The molecule has 1 aliphatic rings. The predicted octanol–water partition coefficient (Wildman–Crippen LogP) is 0.368. The first kappa shape index (κ1) is 15.3. The summed E-state index contributed by atoms with van der Waals surface area (Å²) >= 11 is 0. The lowest BCUT2D eigenvalue weighted by Gasteiger charge is -2.28. The second-order valence-corrected chi connectivity index (χ2v) is 7.93. The second-order valence-electron chi connectivity index (χ2n) is 5.49. The number of amides is 1. The molecule has 0 unspecified atom stereocenters. The minimum atomic E-state index is -3.57. The molecule has 0 fully saturated rings. The van der Waals surface area contributed by atoms with Crippen LogP contribution in [-0.4, -0.2) is 32.2 Å². The van der Waals surface area contributed by atoms with Crippen LogP contribution in [0.15, 0.2) is 22.0 Å². The van der Waals surface area contributed by atoms with E-state index in [2.05, 4.69) is 4.99 Å². The lowest BCUT2D eigenvalue weighted by Crippen LogP contribution is -2.42. The Bertz CT molecular complexity index is 762. The number of sulfone groups is 1. The van der Waals surface area contributed by atoms with E-state index in [1.807, 2.05) is 0 Å². The van der Waals surface area contributed by atoms with Gasteiger partial charge in [-0.05, 0) is 38.5 Å². The van der Waals surface area contributed by atoms with Crippen molar-refractivity contribution in [1.82, 2.24) is 0 Å². The predicted molar refractivity (Wildman–Crippen MR) is 81.0 cm³/mol. The molecule has 21 heavy (non-hydrogen) atoms. The third kappa shape index (κ3) is 2.06. The van der Waals surface area contributed by atoms with Gasteiger partial charge in [0.15, 0.2) is 5.96 Å². The molecule has 7 nitrogen and oxygen atoms in total. The number of hydrogen-bond acceptors (Lipinski definition) is 4. The number of benzene rings is 1. The highest BCUT2D eigenvalue weighted by molar-refractivity contribution is 7.93. The number of fused-ring (bicyclic) bond motifs is 1. The lowest BCUT2D eigenvalue weighted by atomic mass is 10.1. The van der Waals surface area contributed by atoms with E-state index in [1.165, 1.54) is 6.07 Å². The van der Waals surface area contributed by atoms with Crippen LogP contribution >= 0.6 is 0 Å². The number of hydrogen-bond donors (Lipinski definition) is 2. The Kier molecular flexibility index (Phi) is 3.25. The number of guanidine groups is 1. The molecule has 2 rings (SSSR count). The molecule has 8 heteroatoms. The third-order valence-corrected chi connectivity index (χ3v) is 6.38. The Morgan fingerprint density at radius 2 is 1.86 bits per heavy atom. The molecule has 4 N–H and O–H groups in total. The summed E-state index contributed by atoms with van der Waals surface area (Å²) in [6, 6.07) is 3.01. The van der Waals surface area contributed by atoms with E-state index in [4.69, 9.17) is 11.5 Å². The van der Waals surface area contributed by atoms with Gasteiger partial charge >= 0.3 is 0 Å². The summed E-state index contributed by atoms with van der Waals surface area (Å²) in [7, 11) is -1.86. The van der Waals surface area contributed by atoms with Gasteiger partial charge in [0, 0.05) is 12.6 Å². The van der Waals surface area contributed by atoms with Crippen LogP contribution in [-0.2, 0) is 9.84 Å². The summed E-state index contributed by atoms with van der Waals surface area (Å²) in [4.78, 5) is 16.2. The lowest BCUT2D eigenvalue weighted by molar-refractivity contribution is 0.100. The van der Waals surface area contributed by atoms with Crippen LogP contribution in [0.5, 0.6) is 0 Å². The number of nitrogens with two attached hydrogens (primary N) is 2. The summed E-state index contributed by atoms with van der Waals surface area (Å²) in [5.41, 5.74) is 11.7. The molecule has 0 spiro atoms. The molecule has 0 bridgehead atoms. The fourth-order valence-electron chi connectivity index (χ4n) is 2.30. The van der Waals surface area contributed by atoms with Crippen molar-refractivity contribution in [3.63, 3.8) is 0 Å². The number of carbonyl (C=O) groups excluding carboxylic acids is 1. The Morgan fingerprint density at radius 1 is 1.29 bits per heavy atom. The Morgan fingerprint density at radius 3 is 2.38 bits per heavy atom. The van der Waals surface area contributed by atoms with E-state index < -0.39 is 20.6 Å². The van der Waals surface area contributed by atoms with Crippen LogP contribution in [0.3, 0.4) is 0 Å². The molecule has 114 valence electrons. The number of aliphatic imine (C=N–C) groups is 1. The van der Waals surface area contributed by atoms with E-state index in [-0.39, 0.29) is 16.4 Å². The first-order valence-corrected chi connectivity index (χ1v) is 7.75. The van der Waals surface area contributed by atoms with E-state index in [0.29, 0.717) is 11.3 Å². The molecule has 0 saturated carbocycles. The Labute approximate surface area is 123 Å². The van der Waals surface area contributed by atoms with Crippen LogP contribution < -0.4 is 16.4 Å². The van der Waals surface area contributed by atoms with Crippen molar-refractivity contribution in [2.45, 2.75) is 30.5 Å². The van der Waals surface area contributed by atoms with Crippen molar-refractivity contribution in [3.05, 3.63) is 23.3 Å². The van der Waals surface area contributed by atoms with E-state index in [0.717, 1.165) is 0 Å². The van der Waals surface area contributed by atoms with Crippen molar-refractivity contribution in [2.75, 3.05) is 11.9 Å². The van der Waals surface area contributed by atoms with Crippen LogP contribution in [0.4, 0.5) is 5.69 Å². The monoisotopic (exact) mass is 310 g/mol. The summed E-state index contributed by atoms with van der Waals surface area (Å²) in [6.45, 7) is 4.95. The average Bonchev–Trinajstić information content (AvgIpc) is 2.46.